The van der Waals surface area contributed by atoms with E-state index < -0.39 is 0 Å². The molecule has 0 unspecified atom stereocenters. The Labute approximate surface area is 164 Å². The lowest BCUT2D eigenvalue weighted by Gasteiger charge is -2.03. The van der Waals surface area contributed by atoms with Crippen LogP contribution in [0.1, 0.15) is 10.4 Å². The number of carbonyl (C=O) groups is 1. The highest BCUT2D eigenvalue weighted by atomic mass is 35.5. The first kappa shape index (κ1) is 17.3. The summed E-state index contributed by atoms with van der Waals surface area (Å²) < 4.78 is 0. The molecule has 1 amide bonds. The lowest BCUT2D eigenvalue weighted by Crippen LogP contribution is -2.12. The van der Waals surface area contributed by atoms with Gasteiger partial charge in [0.05, 0.1) is 11.3 Å². The molecule has 0 aliphatic heterocycles. The summed E-state index contributed by atoms with van der Waals surface area (Å²) in [5.74, 6) is 0.276. The second-order valence-electron chi connectivity index (χ2n) is 5.66. The van der Waals surface area contributed by atoms with E-state index in [2.05, 4.69) is 20.3 Å². The Balaban J connectivity index is 1.47. The zero-order valence-corrected chi connectivity index (χ0v) is 15.5. The van der Waals surface area contributed by atoms with Gasteiger partial charge in [0.1, 0.15) is 0 Å². The van der Waals surface area contributed by atoms with Gasteiger partial charge in [0.25, 0.3) is 5.91 Å². The largest absolute Gasteiger partial charge is 0.298 e. The van der Waals surface area contributed by atoms with Crippen LogP contribution in [0.5, 0.6) is 0 Å². The molecule has 0 spiro atoms. The Morgan fingerprint density at radius 3 is 2.33 bits per heavy atom. The number of hydrogen-bond acceptors (Lipinski definition) is 5. The fraction of sp³-hybridized carbons (Fsp3) is 0. The lowest BCUT2D eigenvalue weighted by molar-refractivity contribution is 0.102. The summed E-state index contributed by atoms with van der Waals surface area (Å²) in [4.78, 5) is 25.4. The van der Waals surface area contributed by atoms with Crippen LogP contribution in [0.3, 0.4) is 0 Å². The van der Waals surface area contributed by atoms with E-state index in [0.29, 0.717) is 21.5 Å². The van der Waals surface area contributed by atoms with E-state index in [4.69, 9.17) is 11.6 Å². The molecule has 0 aliphatic rings. The topological polar surface area (TPSA) is 67.8 Å². The van der Waals surface area contributed by atoms with Crippen molar-refractivity contribution in [1.29, 1.82) is 0 Å². The summed E-state index contributed by atoms with van der Waals surface area (Å²) in [5.41, 5.74) is 2.99. The third kappa shape index (κ3) is 4.02. The molecule has 0 aliphatic carbocycles. The smallest absolute Gasteiger partial charge is 0.260 e. The van der Waals surface area contributed by atoms with E-state index in [9.17, 15) is 4.79 Å². The van der Waals surface area contributed by atoms with Crippen LogP contribution >= 0.6 is 22.9 Å². The Morgan fingerprint density at radius 1 is 0.926 bits per heavy atom. The number of nitrogens with one attached hydrogen (secondary N) is 1. The SMILES string of the molecule is O=C(Nc1nc(-c2ccc(Cl)cc2)cs1)c1cnc(-c2ccccc2)nc1. The standard InChI is InChI=1S/C20H13ClN4OS/c21-16-8-6-13(7-9-16)17-12-27-20(24-17)25-19(26)15-10-22-18(23-11-15)14-4-2-1-3-5-14/h1-12H,(H,24,25,26). The molecule has 27 heavy (non-hydrogen) atoms. The first-order valence-corrected chi connectivity index (χ1v) is 9.35. The molecule has 0 fully saturated rings. The highest BCUT2D eigenvalue weighted by molar-refractivity contribution is 7.14. The number of benzene rings is 2. The predicted octanol–water partition coefficient (Wildman–Crippen LogP) is 5.17. The summed E-state index contributed by atoms with van der Waals surface area (Å²) in [6, 6.07) is 17.0. The van der Waals surface area contributed by atoms with E-state index in [1.165, 1.54) is 23.7 Å². The maximum atomic E-state index is 12.4. The number of nitrogens with zero attached hydrogens (tertiary/aromatic N) is 3. The van der Waals surface area contributed by atoms with E-state index in [0.717, 1.165) is 16.8 Å². The van der Waals surface area contributed by atoms with Gasteiger partial charge in [-0.15, -0.1) is 11.3 Å². The van der Waals surface area contributed by atoms with Gasteiger partial charge in [0, 0.05) is 33.9 Å². The minimum atomic E-state index is -0.299. The summed E-state index contributed by atoms with van der Waals surface area (Å²) >= 11 is 7.26. The quantitative estimate of drug-likeness (QED) is 0.520. The Kier molecular flexibility index (Phi) is 4.91. The number of carbonyl (C=O) groups excluding carboxylic acids is 1. The van der Waals surface area contributed by atoms with Crippen LogP contribution in [0.2, 0.25) is 5.02 Å². The van der Waals surface area contributed by atoms with Crippen LogP contribution in [0.4, 0.5) is 5.13 Å². The normalized spacial score (nSPS) is 10.6. The summed E-state index contributed by atoms with van der Waals surface area (Å²) in [5, 5.41) is 5.84. The van der Waals surface area contributed by atoms with E-state index in [1.54, 1.807) is 12.1 Å². The minimum Gasteiger partial charge on any atom is -0.298 e. The molecule has 7 heteroatoms. The number of rotatable bonds is 4. The average molecular weight is 393 g/mol. The van der Waals surface area contributed by atoms with Crippen LogP contribution in [-0.4, -0.2) is 20.9 Å². The molecule has 4 aromatic rings. The summed E-state index contributed by atoms with van der Waals surface area (Å²) in [7, 11) is 0. The van der Waals surface area contributed by atoms with Gasteiger partial charge in [-0.3, -0.25) is 10.1 Å². The zero-order valence-electron chi connectivity index (χ0n) is 14.0. The molecule has 0 bridgehead atoms. The molecule has 5 nitrogen and oxygen atoms in total. The van der Waals surface area contributed by atoms with Crippen molar-refractivity contribution in [3.05, 3.63) is 83.0 Å². The van der Waals surface area contributed by atoms with Crippen molar-refractivity contribution >= 4 is 34.0 Å². The molecule has 4 rings (SSSR count). The van der Waals surface area contributed by atoms with Crippen LogP contribution < -0.4 is 5.32 Å². The number of anilines is 1. The Hall–Kier alpha value is -3.09. The fourth-order valence-corrected chi connectivity index (χ4v) is 3.28. The van der Waals surface area contributed by atoms with Gasteiger partial charge in [-0.25, -0.2) is 15.0 Å². The van der Waals surface area contributed by atoms with Crippen molar-refractivity contribution in [2.75, 3.05) is 5.32 Å². The molecule has 0 saturated heterocycles. The van der Waals surface area contributed by atoms with Gasteiger partial charge in [0.15, 0.2) is 11.0 Å². The predicted molar refractivity (Wildman–Crippen MR) is 108 cm³/mol. The molecule has 132 valence electrons. The van der Waals surface area contributed by atoms with Crippen LogP contribution in [0.25, 0.3) is 22.6 Å². The molecule has 0 atom stereocenters. The first-order valence-electron chi connectivity index (χ1n) is 8.09. The number of hydrogen-bond donors (Lipinski definition) is 1. The molecule has 0 radical (unpaired) electrons. The monoisotopic (exact) mass is 392 g/mol. The number of amides is 1. The second kappa shape index (κ2) is 7.65. The number of halogens is 1. The molecule has 0 saturated carbocycles. The summed E-state index contributed by atoms with van der Waals surface area (Å²) in [6.07, 6.45) is 3.02. The zero-order chi connectivity index (χ0) is 18.6. The highest BCUT2D eigenvalue weighted by Crippen LogP contribution is 2.26. The van der Waals surface area contributed by atoms with E-state index >= 15 is 0 Å². The fourth-order valence-electron chi connectivity index (χ4n) is 2.44. The van der Waals surface area contributed by atoms with E-state index in [1.807, 2.05) is 47.8 Å². The van der Waals surface area contributed by atoms with Gasteiger partial charge in [-0.05, 0) is 12.1 Å². The molecule has 2 aromatic carbocycles. The van der Waals surface area contributed by atoms with Gasteiger partial charge < -0.3 is 0 Å². The molecule has 2 heterocycles. The summed E-state index contributed by atoms with van der Waals surface area (Å²) in [6.45, 7) is 0. The molecule has 2 aromatic heterocycles. The van der Waals surface area contributed by atoms with Gasteiger partial charge in [-0.2, -0.15) is 0 Å². The van der Waals surface area contributed by atoms with Crippen LogP contribution in [-0.2, 0) is 0 Å². The number of thiazole rings is 1. The molecular formula is C20H13ClN4OS. The highest BCUT2D eigenvalue weighted by Gasteiger charge is 2.11. The van der Waals surface area contributed by atoms with Crippen LogP contribution in [0, 0.1) is 0 Å². The van der Waals surface area contributed by atoms with E-state index in [-0.39, 0.29) is 5.91 Å². The van der Waals surface area contributed by atoms with Crippen molar-refractivity contribution in [1.82, 2.24) is 15.0 Å². The van der Waals surface area contributed by atoms with Gasteiger partial charge in [-0.1, -0.05) is 54.1 Å². The van der Waals surface area contributed by atoms with Crippen molar-refractivity contribution in [3.8, 4) is 22.6 Å². The molecular weight excluding hydrogens is 380 g/mol. The van der Waals surface area contributed by atoms with Gasteiger partial charge >= 0.3 is 0 Å². The van der Waals surface area contributed by atoms with Crippen molar-refractivity contribution in [2.45, 2.75) is 0 Å². The van der Waals surface area contributed by atoms with Crippen molar-refractivity contribution in [2.24, 2.45) is 0 Å². The third-order valence-corrected chi connectivity index (χ3v) is 4.82. The third-order valence-electron chi connectivity index (χ3n) is 3.81. The maximum Gasteiger partial charge on any atom is 0.260 e. The van der Waals surface area contributed by atoms with Crippen molar-refractivity contribution in [3.63, 3.8) is 0 Å². The average Bonchev–Trinajstić information content (AvgIpc) is 3.18. The lowest BCUT2D eigenvalue weighted by atomic mass is 10.2. The maximum absolute atomic E-state index is 12.4. The Bertz CT molecular complexity index is 1060. The number of aromatic nitrogens is 3. The van der Waals surface area contributed by atoms with Crippen molar-refractivity contribution < 1.29 is 4.79 Å². The molecule has 1 N–H and O–H groups in total. The minimum absolute atomic E-state index is 0.299. The van der Waals surface area contributed by atoms with Crippen LogP contribution in [0.15, 0.2) is 72.4 Å². The van der Waals surface area contributed by atoms with Gasteiger partial charge in [0.2, 0.25) is 0 Å². The Morgan fingerprint density at radius 2 is 1.63 bits per heavy atom. The first-order chi connectivity index (χ1) is 13.2. The second-order valence-corrected chi connectivity index (χ2v) is 6.95.